The van der Waals surface area contributed by atoms with Gasteiger partial charge in [-0.3, -0.25) is 0 Å². The molecule has 3 aromatic carbocycles. The molecule has 0 amide bonds. The normalized spacial score (nSPS) is 21.3. The largest absolute Gasteiger partial charge is 0.508 e. The predicted octanol–water partition coefficient (Wildman–Crippen LogP) is 5.06. The number of ether oxygens (including phenoxy) is 1. The van der Waals surface area contributed by atoms with E-state index in [1.807, 2.05) is 4.90 Å². The topological polar surface area (TPSA) is 96.5 Å². The Balaban J connectivity index is 1.47. The SMILES string of the molecule is C#Cc1c(F)ccc2cc(O)cc(-c3ccc4c(N5CCC(N)C5)nc(OC[C@@H]5CCCNC[C@H](F)C5)nc4c3F)c12. The summed E-state index contributed by atoms with van der Waals surface area (Å²) in [5.41, 5.74) is 6.48. The second-order valence-electron chi connectivity index (χ2n) is 11.2. The summed E-state index contributed by atoms with van der Waals surface area (Å²) in [6, 6.07) is 8.73. The fraction of sp³-hybridized carbons (Fsp3) is 0.375. The first-order chi connectivity index (χ1) is 20.3. The Morgan fingerprint density at radius 2 is 2.00 bits per heavy atom. The second-order valence-corrected chi connectivity index (χ2v) is 11.2. The van der Waals surface area contributed by atoms with Crippen molar-refractivity contribution in [3.8, 4) is 35.2 Å². The number of phenols is 1. The lowest BCUT2D eigenvalue weighted by atomic mass is 9.93. The van der Waals surface area contributed by atoms with Crippen LogP contribution >= 0.6 is 0 Å². The summed E-state index contributed by atoms with van der Waals surface area (Å²) in [5, 5.41) is 14.8. The molecule has 3 atom stereocenters. The summed E-state index contributed by atoms with van der Waals surface area (Å²) in [7, 11) is 0. The second kappa shape index (κ2) is 11.7. The minimum absolute atomic E-state index is 0.00774. The van der Waals surface area contributed by atoms with Crippen molar-refractivity contribution in [1.29, 1.82) is 0 Å². The Hall–Kier alpha value is -4.07. The number of aromatic nitrogens is 2. The predicted molar refractivity (Wildman–Crippen MR) is 157 cm³/mol. The molecular formula is C32H32F3N5O2. The van der Waals surface area contributed by atoms with Crippen LogP contribution in [-0.4, -0.2) is 60.1 Å². The van der Waals surface area contributed by atoms with E-state index in [4.69, 9.17) is 16.9 Å². The van der Waals surface area contributed by atoms with E-state index in [-0.39, 0.29) is 52.5 Å². The monoisotopic (exact) mass is 575 g/mol. The third-order valence-corrected chi connectivity index (χ3v) is 8.15. The summed E-state index contributed by atoms with van der Waals surface area (Å²) in [4.78, 5) is 11.1. The summed E-state index contributed by atoms with van der Waals surface area (Å²) in [6.07, 6.45) is 7.46. The van der Waals surface area contributed by atoms with Gasteiger partial charge in [-0.15, -0.1) is 6.42 Å². The van der Waals surface area contributed by atoms with Crippen LogP contribution in [0.25, 0.3) is 32.8 Å². The quantitative estimate of drug-likeness (QED) is 0.287. The van der Waals surface area contributed by atoms with Crippen LogP contribution in [0.3, 0.4) is 0 Å². The standard InChI is InChI=1S/C32H32F3N5O2/c1-2-23-27(34)8-5-19-13-22(41)14-26(28(19)23)24-6-7-25-30(29(24)35)38-32(39-31(25)40-11-9-21(36)16-40)42-17-18-4-3-10-37-15-20(33)12-18/h1,5-8,13-14,18,20-21,37,41H,3-4,9-12,15-17,36H2/t18-,20-,21?/m1/s1. The first-order valence-corrected chi connectivity index (χ1v) is 14.2. The zero-order valence-electron chi connectivity index (χ0n) is 23.0. The highest BCUT2D eigenvalue weighted by atomic mass is 19.1. The molecule has 2 saturated heterocycles. The van der Waals surface area contributed by atoms with Crippen LogP contribution in [0.2, 0.25) is 0 Å². The van der Waals surface area contributed by atoms with Crippen LogP contribution < -0.4 is 20.7 Å². The number of rotatable bonds is 5. The van der Waals surface area contributed by atoms with Crippen LogP contribution in [0, 0.1) is 29.9 Å². The van der Waals surface area contributed by atoms with Gasteiger partial charge in [-0.25, -0.2) is 13.2 Å². The zero-order chi connectivity index (χ0) is 29.4. The van der Waals surface area contributed by atoms with E-state index in [1.54, 1.807) is 12.1 Å². The number of nitrogens with one attached hydrogen (secondary N) is 1. The third kappa shape index (κ3) is 5.42. The van der Waals surface area contributed by atoms with Gasteiger partial charge in [0.25, 0.3) is 0 Å². The molecule has 0 bridgehead atoms. The van der Waals surface area contributed by atoms with Gasteiger partial charge in [0.1, 0.15) is 29.1 Å². The average Bonchev–Trinajstić information content (AvgIpc) is 3.40. The van der Waals surface area contributed by atoms with Crippen LogP contribution in [0.1, 0.15) is 31.2 Å². The molecule has 3 heterocycles. The number of hydrogen-bond acceptors (Lipinski definition) is 7. The van der Waals surface area contributed by atoms with Gasteiger partial charge in [-0.2, -0.15) is 9.97 Å². The number of alkyl halides is 1. The molecule has 1 aromatic heterocycles. The minimum Gasteiger partial charge on any atom is -0.508 e. The van der Waals surface area contributed by atoms with E-state index in [9.17, 15) is 13.9 Å². The fourth-order valence-electron chi connectivity index (χ4n) is 6.08. The number of nitrogens with zero attached hydrogens (tertiary/aromatic N) is 3. The molecule has 0 saturated carbocycles. The van der Waals surface area contributed by atoms with E-state index in [0.29, 0.717) is 48.0 Å². The molecule has 6 rings (SSSR count). The van der Waals surface area contributed by atoms with E-state index >= 15 is 4.39 Å². The highest BCUT2D eigenvalue weighted by Gasteiger charge is 2.27. The van der Waals surface area contributed by atoms with Crippen LogP contribution in [0.15, 0.2) is 36.4 Å². The van der Waals surface area contributed by atoms with Crippen LogP contribution in [0.4, 0.5) is 19.0 Å². The number of aromatic hydroxyl groups is 1. The Kier molecular flexibility index (Phi) is 7.80. The van der Waals surface area contributed by atoms with Gasteiger partial charge in [-0.05, 0) is 73.4 Å². The number of benzene rings is 3. The van der Waals surface area contributed by atoms with Gasteiger partial charge in [0, 0.05) is 42.0 Å². The number of fused-ring (bicyclic) bond motifs is 2. The highest BCUT2D eigenvalue weighted by molar-refractivity contribution is 6.04. The number of halogens is 3. The van der Waals surface area contributed by atoms with Crippen molar-refractivity contribution < 1.29 is 23.0 Å². The van der Waals surface area contributed by atoms with E-state index in [1.165, 1.54) is 24.3 Å². The number of hydrogen-bond donors (Lipinski definition) is 3. The molecule has 10 heteroatoms. The van der Waals surface area contributed by atoms with Crippen molar-refractivity contribution in [1.82, 2.24) is 15.3 Å². The highest BCUT2D eigenvalue weighted by Crippen LogP contribution is 2.40. The lowest BCUT2D eigenvalue weighted by Crippen LogP contribution is -2.31. The third-order valence-electron chi connectivity index (χ3n) is 8.15. The smallest absolute Gasteiger partial charge is 0.319 e. The van der Waals surface area contributed by atoms with Crippen molar-refractivity contribution in [2.45, 2.75) is 37.9 Å². The molecule has 0 radical (unpaired) electrons. The molecular weight excluding hydrogens is 543 g/mol. The van der Waals surface area contributed by atoms with Gasteiger partial charge in [0.05, 0.1) is 12.2 Å². The number of nitrogens with two attached hydrogens (primary N) is 1. The zero-order valence-corrected chi connectivity index (χ0v) is 23.0. The van der Waals surface area contributed by atoms with Crippen molar-refractivity contribution in [3.05, 3.63) is 53.6 Å². The Morgan fingerprint density at radius 3 is 2.79 bits per heavy atom. The van der Waals surface area contributed by atoms with Gasteiger partial charge in [0.15, 0.2) is 5.82 Å². The maximum absolute atomic E-state index is 16.5. The van der Waals surface area contributed by atoms with E-state index < -0.39 is 17.8 Å². The minimum atomic E-state index is -0.979. The number of anilines is 1. The molecule has 7 nitrogen and oxygen atoms in total. The molecule has 2 aliphatic heterocycles. The van der Waals surface area contributed by atoms with Crippen LogP contribution in [-0.2, 0) is 0 Å². The molecule has 218 valence electrons. The first kappa shape index (κ1) is 28.1. The van der Waals surface area contributed by atoms with Gasteiger partial charge >= 0.3 is 6.01 Å². The number of terminal acetylenes is 1. The Morgan fingerprint density at radius 1 is 1.14 bits per heavy atom. The maximum atomic E-state index is 16.5. The average molecular weight is 576 g/mol. The van der Waals surface area contributed by atoms with Gasteiger partial charge in [-0.1, -0.05) is 18.1 Å². The van der Waals surface area contributed by atoms with Gasteiger partial charge < -0.3 is 25.8 Å². The summed E-state index contributed by atoms with van der Waals surface area (Å²) < 4.78 is 51.6. The van der Waals surface area contributed by atoms with Crippen molar-refractivity contribution in [2.75, 3.05) is 37.7 Å². The number of phenolic OH excluding ortho intramolecular Hbond substituents is 1. The molecule has 1 unspecified atom stereocenters. The van der Waals surface area contributed by atoms with Crippen molar-refractivity contribution in [2.24, 2.45) is 11.7 Å². The maximum Gasteiger partial charge on any atom is 0.319 e. The lowest BCUT2D eigenvalue weighted by molar-refractivity contribution is 0.166. The lowest BCUT2D eigenvalue weighted by Gasteiger charge is -2.23. The van der Waals surface area contributed by atoms with Gasteiger partial charge in [0.2, 0.25) is 0 Å². The Labute approximate surface area is 241 Å². The summed E-state index contributed by atoms with van der Waals surface area (Å²) in [5.74, 6) is 1.40. The molecule has 42 heavy (non-hydrogen) atoms. The van der Waals surface area contributed by atoms with E-state index in [0.717, 1.165) is 25.8 Å². The van der Waals surface area contributed by atoms with E-state index in [2.05, 4.69) is 21.2 Å². The fourth-order valence-corrected chi connectivity index (χ4v) is 6.08. The molecule has 0 aliphatic carbocycles. The first-order valence-electron chi connectivity index (χ1n) is 14.2. The van der Waals surface area contributed by atoms with Crippen molar-refractivity contribution >= 4 is 27.5 Å². The summed E-state index contributed by atoms with van der Waals surface area (Å²) >= 11 is 0. The molecule has 2 fully saturated rings. The van der Waals surface area contributed by atoms with Crippen molar-refractivity contribution in [3.63, 3.8) is 0 Å². The molecule has 4 N–H and O–H groups in total. The molecule has 2 aliphatic rings. The Bertz CT molecular complexity index is 1690. The van der Waals surface area contributed by atoms with Crippen LogP contribution in [0.5, 0.6) is 11.8 Å². The molecule has 0 spiro atoms. The molecule has 4 aromatic rings. The summed E-state index contributed by atoms with van der Waals surface area (Å²) in [6.45, 7) is 2.43.